The van der Waals surface area contributed by atoms with Crippen molar-refractivity contribution in [1.29, 1.82) is 0 Å². The molecule has 2 rings (SSSR count). The third-order valence-corrected chi connectivity index (χ3v) is 3.46. The maximum Gasteiger partial charge on any atom is 0.127 e. The molecule has 1 fully saturated rings. The second-order valence-corrected chi connectivity index (χ2v) is 4.99. The van der Waals surface area contributed by atoms with Crippen molar-refractivity contribution in [2.75, 3.05) is 26.8 Å². The molecule has 0 aromatic heterocycles. The third kappa shape index (κ3) is 3.68. The van der Waals surface area contributed by atoms with Crippen LogP contribution in [0, 0.1) is 11.7 Å². The molecule has 0 unspecified atom stereocenters. The van der Waals surface area contributed by atoms with Gasteiger partial charge in [-0.2, -0.15) is 0 Å². The second-order valence-electron chi connectivity index (χ2n) is 4.99. The maximum absolute atomic E-state index is 13.1. The minimum atomic E-state index is -0.376. The van der Waals surface area contributed by atoms with E-state index in [0.717, 1.165) is 44.2 Å². The summed E-state index contributed by atoms with van der Waals surface area (Å²) in [7, 11) is 1.74. The van der Waals surface area contributed by atoms with Crippen LogP contribution in [-0.2, 0) is 11.3 Å². The Balaban J connectivity index is 1.87. The number of aromatic hydroxyl groups is 1. The normalized spacial score (nSPS) is 18.1. The molecule has 18 heavy (non-hydrogen) atoms. The number of halogens is 1. The molecule has 1 aromatic rings. The molecule has 1 aliphatic rings. The zero-order chi connectivity index (χ0) is 13.0. The number of likely N-dealkylation sites (tertiary alicyclic amines) is 1. The Hall–Kier alpha value is -1.13. The zero-order valence-corrected chi connectivity index (χ0v) is 10.7. The van der Waals surface area contributed by atoms with Gasteiger partial charge in [0.15, 0.2) is 0 Å². The van der Waals surface area contributed by atoms with Crippen molar-refractivity contribution in [2.45, 2.75) is 19.4 Å². The van der Waals surface area contributed by atoms with Gasteiger partial charge in [0.1, 0.15) is 11.6 Å². The lowest BCUT2D eigenvalue weighted by Crippen LogP contribution is -2.34. The van der Waals surface area contributed by atoms with Crippen LogP contribution >= 0.6 is 0 Å². The van der Waals surface area contributed by atoms with Crippen LogP contribution in [0.3, 0.4) is 0 Å². The summed E-state index contributed by atoms with van der Waals surface area (Å²) in [6, 6.07) is 4.25. The van der Waals surface area contributed by atoms with Crippen molar-refractivity contribution in [3.05, 3.63) is 29.6 Å². The van der Waals surface area contributed by atoms with Crippen LogP contribution in [0.25, 0.3) is 0 Å². The number of rotatable bonds is 4. The van der Waals surface area contributed by atoms with E-state index in [9.17, 15) is 9.50 Å². The Morgan fingerprint density at radius 2 is 2.06 bits per heavy atom. The Bertz CT molecular complexity index is 369. The summed E-state index contributed by atoms with van der Waals surface area (Å²) in [6.45, 7) is 3.54. The average molecular weight is 253 g/mol. The number of hydrogen-bond acceptors (Lipinski definition) is 3. The topological polar surface area (TPSA) is 32.7 Å². The molecule has 100 valence electrons. The van der Waals surface area contributed by atoms with E-state index < -0.39 is 0 Å². The highest BCUT2D eigenvalue weighted by Crippen LogP contribution is 2.21. The van der Waals surface area contributed by atoms with Crippen LogP contribution in [0.4, 0.5) is 4.39 Å². The molecule has 1 heterocycles. The van der Waals surface area contributed by atoms with Gasteiger partial charge in [-0.25, -0.2) is 4.39 Å². The van der Waals surface area contributed by atoms with E-state index in [0.29, 0.717) is 12.5 Å². The number of nitrogens with zero attached hydrogens (tertiary/aromatic N) is 1. The Kier molecular flexibility index (Phi) is 4.55. The van der Waals surface area contributed by atoms with Crippen molar-refractivity contribution in [3.8, 4) is 5.75 Å². The molecule has 4 heteroatoms. The van der Waals surface area contributed by atoms with Gasteiger partial charge in [-0.15, -0.1) is 0 Å². The number of phenols is 1. The van der Waals surface area contributed by atoms with Gasteiger partial charge < -0.3 is 9.84 Å². The third-order valence-electron chi connectivity index (χ3n) is 3.46. The average Bonchev–Trinajstić information content (AvgIpc) is 2.31. The summed E-state index contributed by atoms with van der Waals surface area (Å²) < 4.78 is 18.3. The summed E-state index contributed by atoms with van der Waals surface area (Å²) in [5.74, 6) is 0.269. The Labute approximate surface area is 107 Å². The van der Waals surface area contributed by atoms with Crippen molar-refractivity contribution >= 4 is 0 Å². The number of methoxy groups -OCH3 is 1. The van der Waals surface area contributed by atoms with Gasteiger partial charge in [-0.05, 0) is 49.5 Å². The summed E-state index contributed by atoms with van der Waals surface area (Å²) in [5, 5.41) is 9.36. The lowest BCUT2D eigenvalue weighted by molar-refractivity contribution is 0.0967. The molecule has 1 saturated heterocycles. The van der Waals surface area contributed by atoms with Gasteiger partial charge in [-0.3, -0.25) is 4.90 Å². The van der Waals surface area contributed by atoms with E-state index in [-0.39, 0.29) is 11.6 Å². The Morgan fingerprint density at radius 3 is 2.67 bits per heavy atom. The van der Waals surface area contributed by atoms with Crippen LogP contribution in [0.15, 0.2) is 18.2 Å². The van der Waals surface area contributed by atoms with Crippen molar-refractivity contribution in [3.63, 3.8) is 0 Å². The second kappa shape index (κ2) is 6.16. The quantitative estimate of drug-likeness (QED) is 0.894. The Morgan fingerprint density at radius 1 is 1.33 bits per heavy atom. The number of piperidine rings is 1. The van der Waals surface area contributed by atoms with E-state index in [4.69, 9.17) is 4.74 Å². The van der Waals surface area contributed by atoms with Gasteiger partial charge in [0.2, 0.25) is 0 Å². The fourth-order valence-electron chi connectivity index (χ4n) is 2.53. The molecule has 0 bridgehead atoms. The SMILES string of the molecule is COCC1CCN(Cc2cc(O)cc(F)c2)CC1. The molecule has 0 aliphatic carbocycles. The van der Waals surface area contributed by atoms with E-state index in [1.165, 1.54) is 6.07 Å². The fourth-order valence-corrected chi connectivity index (χ4v) is 2.53. The monoisotopic (exact) mass is 253 g/mol. The largest absolute Gasteiger partial charge is 0.508 e. The highest BCUT2D eigenvalue weighted by molar-refractivity contribution is 5.28. The standard InChI is InChI=1S/C14H20FNO2/c1-18-10-11-2-4-16(5-3-11)9-12-6-13(15)8-14(17)7-12/h6-8,11,17H,2-5,9-10H2,1H3. The first-order valence-corrected chi connectivity index (χ1v) is 6.37. The minimum absolute atomic E-state index is 0.000677. The molecule has 0 amide bonds. The lowest BCUT2D eigenvalue weighted by atomic mass is 9.97. The van der Waals surface area contributed by atoms with E-state index in [1.807, 2.05) is 0 Å². The smallest absolute Gasteiger partial charge is 0.127 e. The van der Waals surface area contributed by atoms with Crippen LogP contribution in [0.1, 0.15) is 18.4 Å². The maximum atomic E-state index is 13.1. The molecule has 0 atom stereocenters. The minimum Gasteiger partial charge on any atom is -0.508 e. The molecule has 1 N–H and O–H groups in total. The fraction of sp³-hybridized carbons (Fsp3) is 0.571. The van der Waals surface area contributed by atoms with E-state index in [2.05, 4.69) is 4.90 Å². The number of hydrogen-bond donors (Lipinski definition) is 1. The van der Waals surface area contributed by atoms with Crippen LogP contribution in [0.5, 0.6) is 5.75 Å². The van der Waals surface area contributed by atoms with Crippen molar-refractivity contribution < 1.29 is 14.2 Å². The summed E-state index contributed by atoms with van der Waals surface area (Å²) >= 11 is 0. The number of phenolic OH excluding ortho intramolecular Hbond substituents is 1. The first-order chi connectivity index (χ1) is 8.67. The molecule has 1 aliphatic heterocycles. The van der Waals surface area contributed by atoms with E-state index in [1.54, 1.807) is 13.2 Å². The first kappa shape index (κ1) is 13.3. The van der Waals surface area contributed by atoms with Crippen LogP contribution in [0.2, 0.25) is 0 Å². The molecule has 1 aromatic carbocycles. The number of ether oxygens (including phenoxy) is 1. The van der Waals surface area contributed by atoms with E-state index >= 15 is 0 Å². The predicted octanol–water partition coefficient (Wildman–Crippen LogP) is 2.39. The highest BCUT2D eigenvalue weighted by Gasteiger charge is 2.19. The van der Waals surface area contributed by atoms with Gasteiger partial charge in [0.25, 0.3) is 0 Å². The molecule has 3 nitrogen and oxygen atoms in total. The van der Waals surface area contributed by atoms with Gasteiger partial charge in [0.05, 0.1) is 0 Å². The van der Waals surface area contributed by atoms with Gasteiger partial charge >= 0.3 is 0 Å². The van der Waals surface area contributed by atoms with Crippen LogP contribution in [-0.4, -0.2) is 36.8 Å². The lowest BCUT2D eigenvalue weighted by Gasteiger charge is -2.31. The molecular formula is C14H20FNO2. The van der Waals surface area contributed by atoms with Crippen molar-refractivity contribution in [2.24, 2.45) is 5.92 Å². The zero-order valence-electron chi connectivity index (χ0n) is 10.7. The highest BCUT2D eigenvalue weighted by atomic mass is 19.1. The molecular weight excluding hydrogens is 233 g/mol. The van der Waals surface area contributed by atoms with Gasteiger partial charge in [0, 0.05) is 26.3 Å². The summed E-state index contributed by atoms with van der Waals surface area (Å²) in [5.41, 5.74) is 0.831. The van der Waals surface area contributed by atoms with Gasteiger partial charge in [-0.1, -0.05) is 0 Å². The molecule has 0 radical (unpaired) electrons. The van der Waals surface area contributed by atoms with Crippen LogP contribution < -0.4 is 0 Å². The predicted molar refractivity (Wildman–Crippen MR) is 67.9 cm³/mol. The molecule has 0 saturated carbocycles. The van der Waals surface area contributed by atoms with Crippen molar-refractivity contribution in [1.82, 2.24) is 4.90 Å². The molecule has 0 spiro atoms. The number of benzene rings is 1. The summed E-state index contributed by atoms with van der Waals surface area (Å²) in [6.07, 6.45) is 2.24. The first-order valence-electron chi connectivity index (χ1n) is 6.37. The summed E-state index contributed by atoms with van der Waals surface area (Å²) in [4.78, 5) is 2.29.